The van der Waals surface area contributed by atoms with E-state index in [0.717, 1.165) is 6.92 Å². The van der Waals surface area contributed by atoms with Gasteiger partial charge < -0.3 is 40.7 Å². The second-order valence-electron chi connectivity index (χ2n) is 7.34. The predicted molar refractivity (Wildman–Crippen MR) is 106 cm³/mol. The van der Waals surface area contributed by atoms with Crippen molar-refractivity contribution in [3.63, 3.8) is 0 Å². The van der Waals surface area contributed by atoms with Crippen LogP contribution in [-0.2, 0) is 24.3 Å². The third-order valence-corrected chi connectivity index (χ3v) is 6.24. The maximum Gasteiger partial charge on any atom is 0.364 e. The van der Waals surface area contributed by atoms with Crippen molar-refractivity contribution in [2.45, 2.75) is 54.5 Å². The molecule has 6 atom stereocenters. The number of carbonyl (C=O) groups excluding carboxylic acids is 2. The second-order valence-corrected chi connectivity index (χ2v) is 8.99. The third-order valence-electron chi connectivity index (χ3n) is 4.86. The van der Waals surface area contributed by atoms with Crippen LogP contribution in [0.1, 0.15) is 23.7 Å². The van der Waals surface area contributed by atoms with Crippen molar-refractivity contribution in [2.75, 3.05) is 6.61 Å². The van der Waals surface area contributed by atoms with Crippen LogP contribution in [0.4, 0.5) is 0 Å². The monoisotopic (exact) mass is 492 g/mol. The summed E-state index contributed by atoms with van der Waals surface area (Å²) in [6, 6.07) is 4.83. The first-order valence-corrected chi connectivity index (χ1v) is 10.9. The first-order chi connectivity index (χ1) is 15.2. The molecule has 15 heteroatoms. The number of rotatable bonds is 5. The van der Waals surface area contributed by atoms with Crippen molar-refractivity contribution in [1.82, 2.24) is 10.0 Å². The highest BCUT2D eigenvalue weighted by atomic mass is 32.2. The molecule has 0 spiro atoms. The summed E-state index contributed by atoms with van der Waals surface area (Å²) in [6.07, 6.45) is -7.48. The van der Waals surface area contributed by atoms with Crippen LogP contribution in [-0.4, -0.2) is 99.7 Å². The fraction of sp³-hybridized carbons (Fsp3) is 0.500. The van der Waals surface area contributed by atoms with Crippen LogP contribution in [0.15, 0.2) is 29.2 Å². The highest BCUT2D eigenvalue weighted by Gasteiger charge is 2.53. The lowest BCUT2D eigenvalue weighted by molar-refractivity contribution is -0.295. The van der Waals surface area contributed by atoms with E-state index in [2.05, 4.69) is 5.32 Å². The number of hydrogen-bond donors (Lipinski definition) is 8. The molecule has 2 aliphatic heterocycles. The van der Waals surface area contributed by atoms with Crippen molar-refractivity contribution in [1.29, 1.82) is 0 Å². The predicted octanol–water partition coefficient (Wildman–Crippen LogP) is -3.75. The van der Waals surface area contributed by atoms with E-state index in [1.165, 1.54) is 12.1 Å². The first kappa shape index (κ1) is 26.6. The van der Waals surface area contributed by atoms with E-state index in [0.29, 0.717) is 0 Å². The second kappa shape index (κ2) is 10.1. The standard InChI is InChI=1S/C11H19NO9.C7H5NO3S/c1-4(14)12-7-5(15)2-11(20,10(18)19)21-9(7)8(17)6(16)3-13;9-7-5-3-1-2-4-6(5)12(10,11)8-7/h5-9,13,15-17,20H,2-3H2,1H3,(H,12,14)(H,18,19);1-4H,(H,8,9)/t5-,6+,7+,8+,9+,11-;/m0./s1. The number of carboxylic acids is 1. The molecule has 2 amide bonds. The largest absolute Gasteiger partial charge is 0.477 e. The number of benzene rings is 1. The minimum absolute atomic E-state index is 0.0648. The van der Waals surface area contributed by atoms with Crippen molar-refractivity contribution in [3.05, 3.63) is 29.8 Å². The van der Waals surface area contributed by atoms with E-state index in [9.17, 15) is 43.2 Å². The Bertz CT molecular complexity index is 1020. The molecule has 0 unspecified atom stereocenters. The van der Waals surface area contributed by atoms with E-state index in [-0.39, 0.29) is 10.5 Å². The highest BCUT2D eigenvalue weighted by molar-refractivity contribution is 7.90. The number of carboxylic acid groups (broad SMARTS) is 1. The van der Waals surface area contributed by atoms with Gasteiger partial charge in [0, 0.05) is 13.3 Å². The zero-order valence-corrected chi connectivity index (χ0v) is 18.0. The van der Waals surface area contributed by atoms with Gasteiger partial charge in [0.1, 0.15) is 23.2 Å². The van der Waals surface area contributed by atoms with Crippen LogP contribution in [0, 0.1) is 0 Å². The number of aliphatic hydroxyl groups excluding tert-OH is 4. The molecule has 1 aromatic carbocycles. The van der Waals surface area contributed by atoms with Gasteiger partial charge in [0.25, 0.3) is 21.7 Å². The summed E-state index contributed by atoms with van der Waals surface area (Å²) < 4.78 is 29.0. The molecule has 3 rings (SSSR count). The highest BCUT2D eigenvalue weighted by Crippen LogP contribution is 2.30. The maximum absolute atomic E-state index is 11.1. The Morgan fingerprint density at radius 3 is 2.42 bits per heavy atom. The van der Waals surface area contributed by atoms with Crippen molar-refractivity contribution in [2.24, 2.45) is 0 Å². The molecule has 2 heterocycles. The summed E-state index contributed by atoms with van der Waals surface area (Å²) in [6.45, 7) is 0.256. The molecule has 8 N–H and O–H groups in total. The molecule has 2 aliphatic rings. The minimum atomic E-state index is -3.55. The molecule has 33 heavy (non-hydrogen) atoms. The van der Waals surface area contributed by atoms with Crippen LogP contribution in [0.3, 0.4) is 0 Å². The number of amides is 2. The number of sulfonamides is 1. The lowest BCUT2D eigenvalue weighted by Gasteiger charge is -2.44. The Kier molecular flexibility index (Phi) is 8.13. The lowest BCUT2D eigenvalue weighted by atomic mass is 9.88. The summed E-state index contributed by atoms with van der Waals surface area (Å²) in [5, 5.41) is 59.0. The number of hydrogen-bond acceptors (Lipinski definition) is 11. The van der Waals surface area contributed by atoms with Crippen molar-refractivity contribution >= 4 is 27.8 Å². The van der Waals surface area contributed by atoms with Gasteiger partial charge in [-0.25, -0.2) is 17.9 Å². The molecule has 0 saturated carbocycles. The van der Waals surface area contributed by atoms with Crippen molar-refractivity contribution in [3.8, 4) is 0 Å². The van der Waals surface area contributed by atoms with Gasteiger partial charge in [-0.3, -0.25) is 9.59 Å². The van der Waals surface area contributed by atoms with Crippen LogP contribution >= 0.6 is 0 Å². The fourth-order valence-corrected chi connectivity index (χ4v) is 4.43. The van der Waals surface area contributed by atoms with Gasteiger partial charge in [-0.1, -0.05) is 12.1 Å². The molecule has 1 aromatic rings. The molecular weight excluding hydrogens is 468 g/mol. The fourth-order valence-electron chi connectivity index (χ4n) is 3.26. The molecule has 0 radical (unpaired) electrons. The zero-order valence-electron chi connectivity index (χ0n) is 17.2. The minimum Gasteiger partial charge on any atom is -0.477 e. The topological polar surface area (TPSA) is 240 Å². The van der Waals surface area contributed by atoms with Gasteiger partial charge >= 0.3 is 5.97 Å². The van der Waals surface area contributed by atoms with Crippen molar-refractivity contribution < 1.29 is 58.2 Å². The Hall–Kier alpha value is -2.66. The summed E-state index contributed by atoms with van der Waals surface area (Å²) in [5.74, 6) is -5.72. The van der Waals surface area contributed by atoms with E-state index >= 15 is 0 Å². The molecule has 0 bridgehead atoms. The Balaban J connectivity index is 0.000000268. The van der Waals surface area contributed by atoms with E-state index in [4.69, 9.17) is 14.9 Å². The maximum atomic E-state index is 11.1. The first-order valence-electron chi connectivity index (χ1n) is 9.45. The molecule has 1 fully saturated rings. The molecule has 184 valence electrons. The lowest BCUT2D eigenvalue weighted by Crippen LogP contribution is -2.67. The molecule has 1 saturated heterocycles. The Labute approximate surface area is 187 Å². The number of ether oxygens (including phenoxy) is 1. The smallest absolute Gasteiger partial charge is 0.364 e. The summed E-state index contributed by atoms with van der Waals surface area (Å²) in [7, 11) is -3.55. The van der Waals surface area contributed by atoms with Crippen LogP contribution in [0.2, 0.25) is 0 Å². The molecule has 0 aromatic heterocycles. The summed E-state index contributed by atoms with van der Waals surface area (Å²) in [4.78, 5) is 33.2. The Morgan fingerprint density at radius 1 is 1.30 bits per heavy atom. The van der Waals surface area contributed by atoms with Crippen LogP contribution < -0.4 is 10.0 Å². The normalized spacial score (nSPS) is 29.5. The summed E-state index contributed by atoms with van der Waals surface area (Å²) >= 11 is 0. The average Bonchev–Trinajstić information content (AvgIpc) is 2.97. The zero-order chi connectivity index (χ0) is 25.1. The van der Waals surface area contributed by atoms with Gasteiger partial charge in [-0.2, -0.15) is 0 Å². The van der Waals surface area contributed by atoms with Gasteiger partial charge in [-0.15, -0.1) is 0 Å². The number of aliphatic hydroxyl groups is 5. The van der Waals surface area contributed by atoms with Gasteiger partial charge in [0.05, 0.1) is 24.3 Å². The molecule has 14 nitrogen and oxygen atoms in total. The summed E-state index contributed by atoms with van der Waals surface area (Å²) in [5.41, 5.74) is 0.220. The van der Waals surface area contributed by atoms with Crippen LogP contribution in [0.25, 0.3) is 0 Å². The van der Waals surface area contributed by atoms with Gasteiger partial charge in [-0.05, 0) is 12.1 Å². The van der Waals surface area contributed by atoms with E-state index in [1.54, 1.807) is 12.1 Å². The number of nitrogens with one attached hydrogen (secondary N) is 2. The molecule has 0 aliphatic carbocycles. The van der Waals surface area contributed by atoms with Gasteiger partial charge in [0.15, 0.2) is 0 Å². The third kappa shape index (κ3) is 5.83. The number of carbonyl (C=O) groups is 3. The van der Waals surface area contributed by atoms with E-state index in [1.807, 2.05) is 4.72 Å². The van der Waals surface area contributed by atoms with Gasteiger partial charge in [0.2, 0.25) is 5.91 Å². The molecular formula is C18H24N2O12S. The van der Waals surface area contributed by atoms with Crippen LogP contribution in [0.5, 0.6) is 0 Å². The Morgan fingerprint density at radius 2 is 1.91 bits per heavy atom. The SMILES string of the molecule is CC(=O)N[C@H]1[C@H]([C@H](O)[C@H](O)CO)O[C@](O)(C(=O)O)C[C@@H]1O.O=C1NS(=O)(=O)c2ccccc21. The quantitative estimate of drug-likeness (QED) is 0.198. The number of aliphatic carboxylic acids is 1. The number of fused-ring (bicyclic) bond motifs is 1. The van der Waals surface area contributed by atoms with E-state index < -0.39 is 77.1 Å². The average molecular weight is 492 g/mol.